The zero-order valence-corrected chi connectivity index (χ0v) is 19.0. The van der Waals surface area contributed by atoms with Gasteiger partial charge in [0.1, 0.15) is 18.1 Å². The maximum absolute atomic E-state index is 6.36. The van der Waals surface area contributed by atoms with Crippen molar-refractivity contribution in [2.75, 3.05) is 39.7 Å². The van der Waals surface area contributed by atoms with E-state index in [1.54, 1.807) is 13.3 Å². The van der Waals surface area contributed by atoms with Crippen molar-refractivity contribution in [2.45, 2.75) is 12.5 Å². The van der Waals surface area contributed by atoms with Crippen molar-refractivity contribution in [3.05, 3.63) is 66.0 Å². The molecule has 32 heavy (non-hydrogen) atoms. The van der Waals surface area contributed by atoms with E-state index in [1.165, 1.54) is 0 Å². The van der Waals surface area contributed by atoms with E-state index >= 15 is 0 Å². The Labute approximate surface area is 188 Å². The van der Waals surface area contributed by atoms with E-state index in [1.807, 2.05) is 45.4 Å². The molecule has 1 atom stereocenters. The van der Waals surface area contributed by atoms with Crippen molar-refractivity contribution < 1.29 is 9.47 Å². The molecule has 0 amide bonds. The fourth-order valence-electron chi connectivity index (χ4n) is 3.78. The summed E-state index contributed by atoms with van der Waals surface area (Å²) in [7, 11) is 7.69. The number of hydrogen-bond acceptors (Lipinski definition) is 7. The molecule has 0 aliphatic heterocycles. The molecule has 1 unspecified atom stereocenters. The number of aromatic nitrogens is 3. The zero-order valence-electron chi connectivity index (χ0n) is 19.0. The van der Waals surface area contributed by atoms with Crippen LogP contribution in [0.5, 0.6) is 0 Å². The van der Waals surface area contributed by atoms with Crippen molar-refractivity contribution in [2.24, 2.45) is 12.8 Å². The summed E-state index contributed by atoms with van der Waals surface area (Å²) in [6, 6.07) is 9.94. The van der Waals surface area contributed by atoms with E-state index in [0.717, 1.165) is 40.2 Å². The number of benzene rings is 1. The molecule has 4 rings (SSSR count). The Bertz CT molecular complexity index is 1160. The first-order valence-corrected chi connectivity index (χ1v) is 10.6. The highest BCUT2D eigenvalue weighted by Crippen LogP contribution is 2.30. The minimum atomic E-state index is -0.264. The number of methoxy groups -OCH3 is 1. The van der Waals surface area contributed by atoms with Gasteiger partial charge in [-0.1, -0.05) is 18.2 Å². The number of nitrogens with two attached hydrogens (primary N) is 1. The summed E-state index contributed by atoms with van der Waals surface area (Å²) in [6.45, 7) is 1.39. The molecule has 8 heteroatoms. The Morgan fingerprint density at radius 2 is 2.06 bits per heavy atom. The van der Waals surface area contributed by atoms with Crippen LogP contribution in [0.4, 0.5) is 5.95 Å². The third-order valence-corrected chi connectivity index (χ3v) is 5.48. The van der Waals surface area contributed by atoms with Gasteiger partial charge in [0, 0.05) is 54.9 Å². The summed E-state index contributed by atoms with van der Waals surface area (Å²) in [5.74, 6) is 1.89. The molecule has 0 fully saturated rings. The molecule has 2 aromatic heterocycles. The molecule has 8 nitrogen and oxygen atoms in total. The van der Waals surface area contributed by atoms with Gasteiger partial charge >= 0.3 is 0 Å². The highest BCUT2D eigenvalue weighted by Gasteiger charge is 2.23. The van der Waals surface area contributed by atoms with Gasteiger partial charge in [-0.2, -0.15) is 0 Å². The SMILES string of the molecule is COC1=C(Nc2nccc(-c3cn(C)c4ccccc34)n2)CC(N)C(OCCN(C)C)=C1. The summed E-state index contributed by atoms with van der Waals surface area (Å²) >= 11 is 0. The Morgan fingerprint density at radius 3 is 2.84 bits per heavy atom. The molecular formula is C24H30N6O2. The number of aryl methyl sites for hydroxylation is 1. The third-order valence-electron chi connectivity index (χ3n) is 5.48. The number of nitrogens with one attached hydrogen (secondary N) is 1. The van der Waals surface area contributed by atoms with Gasteiger partial charge in [0.2, 0.25) is 5.95 Å². The van der Waals surface area contributed by atoms with E-state index < -0.39 is 0 Å². The number of para-hydroxylation sites is 1. The van der Waals surface area contributed by atoms with Crippen LogP contribution in [0, 0.1) is 0 Å². The van der Waals surface area contributed by atoms with Crippen LogP contribution in [0.3, 0.4) is 0 Å². The molecule has 0 saturated carbocycles. The van der Waals surface area contributed by atoms with Gasteiger partial charge in [-0.3, -0.25) is 0 Å². The number of allylic oxidation sites excluding steroid dienone is 1. The van der Waals surface area contributed by atoms with Gasteiger partial charge in [0.15, 0.2) is 0 Å². The lowest BCUT2D eigenvalue weighted by atomic mass is 10.0. The van der Waals surface area contributed by atoms with Crippen molar-refractivity contribution in [1.82, 2.24) is 19.4 Å². The Hall–Kier alpha value is -3.36. The Kier molecular flexibility index (Phi) is 6.43. The van der Waals surface area contributed by atoms with E-state index in [-0.39, 0.29) is 6.04 Å². The van der Waals surface area contributed by atoms with Crippen LogP contribution in [0.15, 0.2) is 66.0 Å². The second-order valence-corrected chi connectivity index (χ2v) is 8.12. The van der Waals surface area contributed by atoms with Gasteiger partial charge < -0.3 is 30.0 Å². The second kappa shape index (κ2) is 9.42. The normalized spacial score (nSPS) is 16.4. The average Bonchev–Trinajstić information content (AvgIpc) is 3.12. The molecule has 2 heterocycles. The first kappa shape index (κ1) is 21.9. The van der Waals surface area contributed by atoms with Gasteiger partial charge in [0.25, 0.3) is 0 Å². The second-order valence-electron chi connectivity index (χ2n) is 8.12. The minimum absolute atomic E-state index is 0.264. The smallest absolute Gasteiger partial charge is 0.227 e. The van der Waals surface area contributed by atoms with Crippen molar-refractivity contribution >= 4 is 16.9 Å². The van der Waals surface area contributed by atoms with Crippen LogP contribution in [0.25, 0.3) is 22.2 Å². The van der Waals surface area contributed by atoms with Crippen LogP contribution in [-0.4, -0.2) is 59.8 Å². The molecule has 1 aliphatic rings. The highest BCUT2D eigenvalue weighted by atomic mass is 16.5. The molecule has 1 aliphatic carbocycles. The predicted octanol–water partition coefficient (Wildman–Crippen LogP) is 3.10. The molecule has 3 aromatic rings. The number of likely N-dealkylation sites (N-methyl/N-ethyl adjacent to an activating group) is 1. The Morgan fingerprint density at radius 1 is 1.25 bits per heavy atom. The van der Waals surface area contributed by atoms with Crippen LogP contribution >= 0.6 is 0 Å². The fraction of sp³-hybridized carbons (Fsp3) is 0.333. The molecule has 0 saturated heterocycles. The third kappa shape index (κ3) is 4.61. The predicted molar refractivity (Wildman–Crippen MR) is 127 cm³/mol. The minimum Gasteiger partial charge on any atom is -0.495 e. The van der Waals surface area contributed by atoms with Gasteiger partial charge in [-0.25, -0.2) is 9.97 Å². The van der Waals surface area contributed by atoms with Crippen LogP contribution in [0.2, 0.25) is 0 Å². The van der Waals surface area contributed by atoms with E-state index in [0.29, 0.717) is 24.7 Å². The molecule has 0 spiro atoms. The number of ether oxygens (including phenoxy) is 2. The summed E-state index contributed by atoms with van der Waals surface area (Å²) in [6.07, 6.45) is 6.24. The first-order valence-electron chi connectivity index (χ1n) is 10.6. The lowest BCUT2D eigenvalue weighted by Gasteiger charge is -2.25. The summed E-state index contributed by atoms with van der Waals surface area (Å²) in [5.41, 5.74) is 10.3. The lowest BCUT2D eigenvalue weighted by Crippen LogP contribution is -2.31. The monoisotopic (exact) mass is 434 g/mol. The van der Waals surface area contributed by atoms with Crippen LogP contribution in [0.1, 0.15) is 6.42 Å². The highest BCUT2D eigenvalue weighted by molar-refractivity contribution is 5.95. The number of nitrogens with zero attached hydrogens (tertiary/aromatic N) is 4. The quantitative estimate of drug-likeness (QED) is 0.563. The van der Waals surface area contributed by atoms with Gasteiger partial charge in [0.05, 0.1) is 24.5 Å². The van der Waals surface area contributed by atoms with E-state index in [4.69, 9.17) is 20.2 Å². The van der Waals surface area contributed by atoms with Crippen molar-refractivity contribution in [3.63, 3.8) is 0 Å². The molecule has 3 N–H and O–H groups in total. The maximum Gasteiger partial charge on any atom is 0.227 e. The molecule has 0 bridgehead atoms. The zero-order chi connectivity index (χ0) is 22.7. The average molecular weight is 435 g/mol. The summed E-state index contributed by atoms with van der Waals surface area (Å²) < 4.78 is 13.6. The summed E-state index contributed by atoms with van der Waals surface area (Å²) in [4.78, 5) is 11.2. The van der Waals surface area contributed by atoms with Gasteiger partial charge in [-0.05, 0) is 26.2 Å². The number of hydrogen-bond donors (Lipinski definition) is 2. The fourth-order valence-corrected chi connectivity index (χ4v) is 3.78. The number of anilines is 1. The maximum atomic E-state index is 6.36. The van der Waals surface area contributed by atoms with E-state index in [2.05, 4.69) is 38.1 Å². The molecule has 168 valence electrons. The van der Waals surface area contributed by atoms with Crippen LogP contribution < -0.4 is 11.1 Å². The number of fused-ring (bicyclic) bond motifs is 1. The van der Waals surface area contributed by atoms with E-state index in [9.17, 15) is 0 Å². The summed E-state index contributed by atoms with van der Waals surface area (Å²) in [5, 5.41) is 4.46. The molecule has 1 aromatic carbocycles. The molecular weight excluding hydrogens is 404 g/mol. The standard InChI is InChI=1S/C24H30N6O2/c1-29(2)11-12-32-22-14-23(31-4)20(13-18(22)25)28-24-26-10-9-19(27-24)17-15-30(3)21-8-6-5-7-16(17)21/h5-10,14-15,18H,11-13,25H2,1-4H3,(H,26,27,28). The van der Waals surface area contributed by atoms with Crippen LogP contribution in [-0.2, 0) is 16.5 Å². The van der Waals surface area contributed by atoms with Crippen molar-refractivity contribution in [3.8, 4) is 11.3 Å². The largest absolute Gasteiger partial charge is 0.495 e. The topological polar surface area (TPSA) is 90.5 Å². The van der Waals surface area contributed by atoms with Gasteiger partial charge in [-0.15, -0.1) is 0 Å². The Balaban J connectivity index is 1.58. The van der Waals surface area contributed by atoms with Crippen molar-refractivity contribution in [1.29, 1.82) is 0 Å². The number of rotatable bonds is 8. The first-order chi connectivity index (χ1) is 15.5. The molecule has 0 radical (unpaired) electrons. The lowest BCUT2D eigenvalue weighted by molar-refractivity contribution is 0.163.